The summed E-state index contributed by atoms with van der Waals surface area (Å²) in [4.78, 5) is 0. The van der Waals surface area contributed by atoms with Gasteiger partial charge < -0.3 is 0 Å². The topological polar surface area (TPSA) is 0 Å². The minimum atomic E-state index is 1.09. The molecule has 0 bridgehead atoms. The highest BCUT2D eigenvalue weighted by Crippen LogP contribution is 2.50. The molecule has 6 heavy (non-hydrogen) atoms. The van der Waals surface area contributed by atoms with Crippen LogP contribution < -0.4 is 0 Å². The van der Waals surface area contributed by atoms with Gasteiger partial charge in [-0.1, -0.05) is 29.1 Å². The summed E-state index contributed by atoms with van der Waals surface area (Å²) in [5.41, 5.74) is 0. The van der Waals surface area contributed by atoms with Gasteiger partial charge in [0.05, 0.1) is 5.40 Å². The molecule has 34 valence electrons. The second-order valence-corrected chi connectivity index (χ2v) is 5.00. The summed E-state index contributed by atoms with van der Waals surface area (Å²) in [6, 6.07) is 0. The van der Waals surface area contributed by atoms with Gasteiger partial charge in [-0.2, -0.15) is 0 Å². The number of rotatable bonds is 2. The van der Waals surface area contributed by atoms with Crippen molar-refractivity contribution in [3.63, 3.8) is 0 Å². The van der Waals surface area contributed by atoms with E-state index in [1.807, 2.05) is 0 Å². The Morgan fingerprint density at radius 2 is 2.17 bits per heavy atom. The van der Waals surface area contributed by atoms with E-state index in [1.54, 1.807) is 15.7 Å². The van der Waals surface area contributed by atoms with Crippen molar-refractivity contribution in [2.24, 2.45) is 0 Å². The van der Waals surface area contributed by atoms with E-state index in [9.17, 15) is 0 Å². The summed E-state index contributed by atoms with van der Waals surface area (Å²) >= 11 is 0. The van der Waals surface area contributed by atoms with Crippen molar-refractivity contribution in [1.29, 1.82) is 0 Å². The van der Waals surface area contributed by atoms with E-state index in [1.165, 1.54) is 12.8 Å². The highest BCUT2D eigenvalue weighted by molar-refractivity contribution is 8.02. The second-order valence-electron chi connectivity index (χ2n) is 1.50. The van der Waals surface area contributed by atoms with E-state index in [0.717, 1.165) is 5.40 Å². The molecule has 1 rings (SSSR count). The molecule has 0 saturated carbocycles. The highest BCUT2D eigenvalue weighted by atomic mass is 31.8. The Morgan fingerprint density at radius 1 is 1.50 bits per heavy atom. The van der Waals surface area contributed by atoms with Crippen molar-refractivity contribution in [2.45, 2.75) is 25.2 Å². The van der Waals surface area contributed by atoms with Gasteiger partial charge in [0.25, 0.3) is 0 Å². The van der Waals surface area contributed by atoms with Crippen LogP contribution in [0.4, 0.5) is 0 Å². The molecule has 1 aliphatic heterocycles. The van der Waals surface area contributed by atoms with Crippen molar-refractivity contribution < 1.29 is 0 Å². The Kier molecular flexibility index (Phi) is 1.62. The first-order valence-corrected chi connectivity index (χ1v) is 4.96. The summed E-state index contributed by atoms with van der Waals surface area (Å²) in [5, 5.41) is 1.09. The first-order chi connectivity index (χ1) is 2.93. The van der Waals surface area contributed by atoms with Crippen molar-refractivity contribution in [3.05, 3.63) is 0 Å². The molecule has 1 aliphatic rings. The van der Waals surface area contributed by atoms with Crippen molar-refractivity contribution in [3.8, 4) is 0 Å². The van der Waals surface area contributed by atoms with Crippen molar-refractivity contribution >= 4 is 15.7 Å². The SMILES string of the molecule is CCCC1P=P1. The maximum atomic E-state index is 2.25. The van der Waals surface area contributed by atoms with Crippen LogP contribution in [0, 0.1) is 0 Å². The van der Waals surface area contributed by atoms with Gasteiger partial charge in [-0.3, -0.25) is 0 Å². The molecule has 0 aliphatic carbocycles. The van der Waals surface area contributed by atoms with Crippen LogP contribution in [0.15, 0.2) is 0 Å². The zero-order chi connectivity index (χ0) is 4.41. The fourth-order valence-electron chi connectivity index (χ4n) is 0.421. The molecule has 0 nitrogen and oxygen atoms in total. The van der Waals surface area contributed by atoms with E-state index < -0.39 is 0 Å². The van der Waals surface area contributed by atoms with Crippen LogP contribution in [-0.4, -0.2) is 5.40 Å². The third-order valence-corrected chi connectivity index (χ3v) is 3.57. The van der Waals surface area contributed by atoms with E-state index in [2.05, 4.69) is 6.92 Å². The average molecular weight is 118 g/mol. The Bertz CT molecular complexity index is 61.9. The van der Waals surface area contributed by atoms with Crippen LogP contribution in [0.25, 0.3) is 0 Å². The molecule has 0 saturated heterocycles. The van der Waals surface area contributed by atoms with E-state index in [-0.39, 0.29) is 0 Å². The standard InChI is InChI=1S/C4H8P2/c1-2-3-4-5-6-4/h4H,2-3H2,1H3. The van der Waals surface area contributed by atoms with Crippen molar-refractivity contribution in [2.75, 3.05) is 0 Å². The maximum absolute atomic E-state index is 2.25. The molecule has 1 heterocycles. The van der Waals surface area contributed by atoms with Gasteiger partial charge in [-0.05, 0) is 6.42 Å². The summed E-state index contributed by atoms with van der Waals surface area (Å²) in [6.45, 7) is 2.25. The molecule has 0 N–H and O–H groups in total. The smallest absolute Gasteiger partial charge is 0.0508 e. The molecule has 0 amide bonds. The lowest BCUT2D eigenvalue weighted by atomic mass is 10.4. The van der Waals surface area contributed by atoms with E-state index in [4.69, 9.17) is 0 Å². The Labute approximate surface area is 41.7 Å². The molecule has 0 aromatic heterocycles. The fourth-order valence-corrected chi connectivity index (χ4v) is 2.24. The maximum Gasteiger partial charge on any atom is 0.0508 e. The minimum absolute atomic E-state index is 1.09. The van der Waals surface area contributed by atoms with Gasteiger partial charge in [-0.25, -0.2) is 0 Å². The zero-order valence-electron chi connectivity index (χ0n) is 3.89. The Hall–Kier alpha value is 0.600. The normalized spacial score (nSPS) is 33.2. The van der Waals surface area contributed by atoms with Gasteiger partial charge in [0.15, 0.2) is 0 Å². The predicted molar refractivity (Wildman–Crippen MR) is 32.5 cm³/mol. The summed E-state index contributed by atoms with van der Waals surface area (Å²) < 4.78 is 0. The molecule has 0 unspecified atom stereocenters. The van der Waals surface area contributed by atoms with Gasteiger partial charge in [0, 0.05) is 0 Å². The quantitative estimate of drug-likeness (QED) is 0.489. The molecular weight excluding hydrogens is 110 g/mol. The first kappa shape index (κ1) is 4.75. The molecule has 0 atom stereocenters. The fraction of sp³-hybridized carbons (Fsp3) is 1.00. The van der Waals surface area contributed by atoms with Crippen LogP contribution in [0.3, 0.4) is 0 Å². The van der Waals surface area contributed by atoms with E-state index >= 15 is 0 Å². The monoisotopic (exact) mass is 118 g/mol. The lowest BCUT2D eigenvalue weighted by Crippen LogP contribution is -1.72. The minimum Gasteiger partial charge on any atom is -0.0653 e. The Balaban J connectivity index is 1.90. The van der Waals surface area contributed by atoms with E-state index in [0.29, 0.717) is 0 Å². The molecule has 0 spiro atoms. The van der Waals surface area contributed by atoms with Gasteiger partial charge in [0.1, 0.15) is 0 Å². The molecule has 0 fully saturated rings. The largest absolute Gasteiger partial charge is 0.0653 e. The molecular formula is C4H8P2. The predicted octanol–water partition coefficient (Wildman–Crippen LogP) is 2.93. The molecule has 0 aromatic rings. The summed E-state index contributed by atoms with van der Waals surface area (Å²) in [7, 11) is 3.37. The van der Waals surface area contributed by atoms with Gasteiger partial charge in [-0.15, -0.1) is 0 Å². The summed E-state index contributed by atoms with van der Waals surface area (Å²) in [5.74, 6) is 0. The van der Waals surface area contributed by atoms with Crippen LogP contribution in [-0.2, 0) is 0 Å². The van der Waals surface area contributed by atoms with Gasteiger partial charge >= 0.3 is 0 Å². The lowest BCUT2D eigenvalue weighted by molar-refractivity contribution is 0.876. The number of hydrogen-bond acceptors (Lipinski definition) is 0. The van der Waals surface area contributed by atoms with Crippen LogP contribution in [0.1, 0.15) is 19.8 Å². The third-order valence-electron chi connectivity index (χ3n) is 0.826. The highest BCUT2D eigenvalue weighted by Gasteiger charge is 2.09. The molecule has 0 aromatic carbocycles. The third kappa shape index (κ3) is 1.37. The molecule has 0 radical (unpaired) electrons. The van der Waals surface area contributed by atoms with Crippen LogP contribution in [0.5, 0.6) is 0 Å². The Morgan fingerprint density at radius 3 is 2.33 bits per heavy atom. The average Bonchev–Trinajstić information content (AvgIpc) is 2.21. The second kappa shape index (κ2) is 2.05. The zero-order valence-corrected chi connectivity index (χ0v) is 5.67. The number of hydrogen-bond donors (Lipinski definition) is 0. The first-order valence-electron chi connectivity index (χ1n) is 2.33. The van der Waals surface area contributed by atoms with Crippen LogP contribution in [0.2, 0.25) is 0 Å². The summed E-state index contributed by atoms with van der Waals surface area (Å²) in [6.07, 6.45) is 2.84. The van der Waals surface area contributed by atoms with Crippen LogP contribution >= 0.6 is 15.7 Å². The lowest BCUT2D eigenvalue weighted by Gasteiger charge is -1.82. The molecule has 2 heteroatoms. The van der Waals surface area contributed by atoms with Crippen molar-refractivity contribution in [1.82, 2.24) is 0 Å². The van der Waals surface area contributed by atoms with Gasteiger partial charge in [0.2, 0.25) is 0 Å².